The van der Waals surface area contributed by atoms with Crippen molar-refractivity contribution in [3.05, 3.63) is 33.9 Å². The zero-order valence-electron chi connectivity index (χ0n) is 10.0. The van der Waals surface area contributed by atoms with Crippen LogP contribution < -0.4 is 5.32 Å². The molecule has 7 heteroatoms. The highest BCUT2D eigenvalue weighted by Gasteiger charge is 2.16. The fourth-order valence-corrected chi connectivity index (χ4v) is 1.56. The van der Waals surface area contributed by atoms with Crippen molar-refractivity contribution in [3.8, 4) is 0 Å². The number of nitrogens with zero attached hydrogens (tertiary/aromatic N) is 1. The van der Waals surface area contributed by atoms with Crippen molar-refractivity contribution < 1.29 is 14.8 Å². The standard InChI is InChI=1S/C11H14N2O4S/c1-7(18-2)6-12-9-5-8(11(14)15)3-4-10(9)13(16)17/h3-5,7,12H,6H2,1-2H3,(H,14,15). The molecule has 2 N–H and O–H groups in total. The van der Waals surface area contributed by atoms with Crippen LogP contribution in [0.1, 0.15) is 17.3 Å². The maximum Gasteiger partial charge on any atom is 0.335 e. The zero-order chi connectivity index (χ0) is 13.7. The lowest BCUT2D eigenvalue weighted by molar-refractivity contribution is -0.384. The molecule has 1 atom stereocenters. The largest absolute Gasteiger partial charge is 0.478 e. The molecule has 18 heavy (non-hydrogen) atoms. The van der Waals surface area contributed by atoms with Gasteiger partial charge in [0, 0.05) is 17.9 Å². The summed E-state index contributed by atoms with van der Waals surface area (Å²) in [4.78, 5) is 21.1. The van der Waals surface area contributed by atoms with E-state index in [1.54, 1.807) is 11.8 Å². The van der Waals surface area contributed by atoms with Crippen molar-refractivity contribution in [2.24, 2.45) is 0 Å². The summed E-state index contributed by atoms with van der Waals surface area (Å²) < 4.78 is 0. The van der Waals surface area contributed by atoms with Gasteiger partial charge in [-0.3, -0.25) is 10.1 Å². The molecule has 0 heterocycles. The van der Waals surface area contributed by atoms with Gasteiger partial charge in [0.25, 0.3) is 5.69 Å². The number of nitrogens with one attached hydrogen (secondary N) is 1. The minimum Gasteiger partial charge on any atom is -0.478 e. The molecule has 1 aromatic rings. The van der Waals surface area contributed by atoms with Gasteiger partial charge >= 0.3 is 5.97 Å². The van der Waals surface area contributed by atoms with Gasteiger partial charge in [-0.25, -0.2) is 4.79 Å². The number of aromatic carboxylic acids is 1. The van der Waals surface area contributed by atoms with E-state index in [2.05, 4.69) is 5.32 Å². The molecule has 1 unspecified atom stereocenters. The molecular weight excluding hydrogens is 256 g/mol. The summed E-state index contributed by atoms with van der Waals surface area (Å²) in [5.74, 6) is -1.11. The van der Waals surface area contributed by atoms with E-state index >= 15 is 0 Å². The Balaban J connectivity index is 3.00. The van der Waals surface area contributed by atoms with Crippen molar-refractivity contribution in [2.45, 2.75) is 12.2 Å². The lowest BCUT2D eigenvalue weighted by Crippen LogP contribution is -2.14. The number of rotatable bonds is 6. The molecule has 0 fully saturated rings. The molecule has 1 aromatic carbocycles. The summed E-state index contributed by atoms with van der Waals surface area (Å²) in [6.07, 6.45) is 1.94. The third kappa shape index (κ3) is 3.63. The number of hydrogen-bond acceptors (Lipinski definition) is 5. The molecule has 1 rings (SSSR count). The number of hydrogen-bond donors (Lipinski definition) is 2. The molecule has 0 aliphatic heterocycles. The topological polar surface area (TPSA) is 92.5 Å². The average Bonchev–Trinajstić information content (AvgIpc) is 2.35. The van der Waals surface area contributed by atoms with Crippen LogP contribution >= 0.6 is 11.8 Å². The fourth-order valence-electron chi connectivity index (χ4n) is 1.31. The van der Waals surface area contributed by atoms with Gasteiger partial charge in [-0.1, -0.05) is 6.92 Å². The van der Waals surface area contributed by atoms with Crippen molar-refractivity contribution in [3.63, 3.8) is 0 Å². The van der Waals surface area contributed by atoms with Crippen LogP contribution in [0, 0.1) is 10.1 Å². The number of benzene rings is 1. The van der Waals surface area contributed by atoms with Crippen LogP contribution in [0.2, 0.25) is 0 Å². The Hall–Kier alpha value is -1.76. The van der Waals surface area contributed by atoms with Gasteiger partial charge in [0.15, 0.2) is 0 Å². The summed E-state index contributed by atoms with van der Waals surface area (Å²) in [7, 11) is 0. The molecule has 98 valence electrons. The van der Waals surface area contributed by atoms with E-state index in [1.807, 2.05) is 13.2 Å². The second-order valence-electron chi connectivity index (χ2n) is 3.72. The monoisotopic (exact) mass is 270 g/mol. The Kier molecular flexibility index (Phi) is 4.96. The molecule has 0 aromatic heterocycles. The number of nitro groups is 1. The van der Waals surface area contributed by atoms with Crippen molar-refractivity contribution in [1.82, 2.24) is 0 Å². The number of carboxylic acid groups (broad SMARTS) is 1. The number of carbonyl (C=O) groups is 1. The molecule has 0 aliphatic carbocycles. The van der Waals surface area contributed by atoms with Gasteiger partial charge in [0.2, 0.25) is 0 Å². The lowest BCUT2D eigenvalue weighted by Gasteiger charge is -2.11. The maximum absolute atomic E-state index is 10.8. The van der Waals surface area contributed by atoms with Crippen LogP contribution in [0.5, 0.6) is 0 Å². The van der Waals surface area contributed by atoms with E-state index in [0.717, 1.165) is 0 Å². The van der Waals surface area contributed by atoms with Gasteiger partial charge in [-0.15, -0.1) is 0 Å². The third-order valence-electron chi connectivity index (χ3n) is 2.42. The smallest absolute Gasteiger partial charge is 0.335 e. The normalized spacial score (nSPS) is 11.9. The number of nitro benzene ring substituents is 1. The fraction of sp³-hybridized carbons (Fsp3) is 0.364. The van der Waals surface area contributed by atoms with E-state index in [9.17, 15) is 14.9 Å². The first-order valence-corrected chi connectivity index (χ1v) is 6.53. The van der Waals surface area contributed by atoms with Gasteiger partial charge in [-0.2, -0.15) is 11.8 Å². The number of thioether (sulfide) groups is 1. The van der Waals surface area contributed by atoms with Crippen LogP contribution in [0.4, 0.5) is 11.4 Å². The molecule has 0 aliphatic rings. The summed E-state index contributed by atoms with van der Waals surface area (Å²) >= 11 is 1.62. The van der Waals surface area contributed by atoms with E-state index in [4.69, 9.17) is 5.11 Å². The molecule has 0 saturated heterocycles. The molecule has 0 spiro atoms. The summed E-state index contributed by atoms with van der Waals surface area (Å²) in [5, 5.41) is 22.9. The van der Waals surface area contributed by atoms with Crippen molar-refractivity contribution in [2.75, 3.05) is 18.1 Å². The van der Waals surface area contributed by atoms with Gasteiger partial charge in [0.1, 0.15) is 5.69 Å². The Morgan fingerprint density at radius 2 is 2.28 bits per heavy atom. The SMILES string of the molecule is CSC(C)CNc1cc(C(=O)O)ccc1[N+](=O)[O-]. The molecule has 0 radical (unpaired) electrons. The lowest BCUT2D eigenvalue weighted by atomic mass is 10.1. The highest BCUT2D eigenvalue weighted by Crippen LogP contribution is 2.26. The van der Waals surface area contributed by atoms with Crippen molar-refractivity contribution in [1.29, 1.82) is 0 Å². The summed E-state index contributed by atoms with van der Waals surface area (Å²) in [5.41, 5.74) is 0.147. The van der Waals surface area contributed by atoms with Gasteiger partial charge in [-0.05, 0) is 18.4 Å². The maximum atomic E-state index is 10.8. The molecular formula is C11H14N2O4S. The highest BCUT2D eigenvalue weighted by atomic mass is 32.2. The quantitative estimate of drug-likeness (QED) is 0.609. The van der Waals surface area contributed by atoms with Crippen LogP contribution in [-0.2, 0) is 0 Å². The van der Waals surface area contributed by atoms with Crippen LogP contribution in [0.15, 0.2) is 18.2 Å². The van der Waals surface area contributed by atoms with E-state index in [0.29, 0.717) is 6.54 Å². The zero-order valence-corrected chi connectivity index (χ0v) is 10.9. The van der Waals surface area contributed by atoms with Crippen LogP contribution in [0.25, 0.3) is 0 Å². The van der Waals surface area contributed by atoms with E-state index in [1.165, 1.54) is 18.2 Å². The van der Waals surface area contributed by atoms with E-state index in [-0.39, 0.29) is 22.2 Å². The predicted octanol–water partition coefficient (Wildman–Crippen LogP) is 2.46. The first kappa shape index (κ1) is 14.3. The molecule has 6 nitrogen and oxygen atoms in total. The minimum absolute atomic E-state index is 0.0277. The Labute approximate surface area is 109 Å². The number of carboxylic acids is 1. The molecule has 0 amide bonds. The second-order valence-corrected chi connectivity index (χ2v) is 5.00. The van der Waals surface area contributed by atoms with Crippen molar-refractivity contribution >= 4 is 29.1 Å². The summed E-state index contributed by atoms with van der Waals surface area (Å²) in [6, 6.07) is 3.71. The van der Waals surface area contributed by atoms with Crippen LogP contribution in [0.3, 0.4) is 0 Å². The first-order valence-electron chi connectivity index (χ1n) is 5.24. The second kappa shape index (κ2) is 6.25. The first-order chi connectivity index (χ1) is 8.45. The Morgan fingerprint density at radius 1 is 1.61 bits per heavy atom. The van der Waals surface area contributed by atoms with Gasteiger partial charge in [0.05, 0.1) is 10.5 Å². The van der Waals surface area contributed by atoms with E-state index < -0.39 is 10.9 Å². The van der Waals surface area contributed by atoms with Gasteiger partial charge < -0.3 is 10.4 Å². The molecule has 0 bridgehead atoms. The highest BCUT2D eigenvalue weighted by molar-refractivity contribution is 7.99. The Morgan fingerprint density at radius 3 is 2.78 bits per heavy atom. The average molecular weight is 270 g/mol. The predicted molar refractivity (Wildman–Crippen MR) is 71.5 cm³/mol. The Bertz CT molecular complexity index is 464. The minimum atomic E-state index is -1.11. The van der Waals surface area contributed by atoms with Crippen LogP contribution in [-0.4, -0.2) is 34.0 Å². The summed E-state index contributed by atoms with van der Waals surface area (Å²) in [6.45, 7) is 2.51. The molecule has 0 saturated carbocycles. The third-order valence-corrected chi connectivity index (χ3v) is 3.39. The number of anilines is 1.